The van der Waals surface area contributed by atoms with Crippen LogP contribution in [0.5, 0.6) is 5.75 Å². The van der Waals surface area contributed by atoms with E-state index in [1.165, 1.54) is 5.56 Å². The zero-order chi connectivity index (χ0) is 22.6. The van der Waals surface area contributed by atoms with Crippen LogP contribution in [0.3, 0.4) is 0 Å². The third-order valence-electron chi connectivity index (χ3n) is 7.10. The number of fused-ring (bicyclic) bond motifs is 2. The van der Waals surface area contributed by atoms with Crippen LogP contribution in [0.2, 0.25) is 0 Å². The molecule has 6 rings (SSSR count). The highest BCUT2D eigenvalue weighted by Gasteiger charge is 2.43. The average molecular weight is 447 g/mol. The van der Waals surface area contributed by atoms with E-state index in [2.05, 4.69) is 27.7 Å². The summed E-state index contributed by atoms with van der Waals surface area (Å²) in [5.41, 5.74) is 3.60. The van der Waals surface area contributed by atoms with Crippen LogP contribution in [0.1, 0.15) is 39.9 Å². The van der Waals surface area contributed by atoms with Gasteiger partial charge in [-0.2, -0.15) is 0 Å². The van der Waals surface area contributed by atoms with Gasteiger partial charge in [-0.05, 0) is 29.7 Å². The van der Waals surface area contributed by atoms with Crippen LogP contribution < -0.4 is 15.4 Å². The van der Waals surface area contributed by atoms with Crippen molar-refractivity contribution in [1.29, 1.82) is 0 Å². The van der Waals surface area contributed by atoms with E-state index in [4.69, 9.17) is 4.74 Å². The molecule has 2 saturated heterocycles. The van der Waals surface area contributed by atoms with Gasteiger partial charge >= 0.3 is 0 Å². The maximum atomic E-state index is 13.2. The van der Waals surface area contributed by atoms with Gasteiger partial charge in [0.15, 0.2) is 0 Å². The van der Waals surface area contributed by atoms with Gasteiger partial charge in [-0.15, -0.1) is 0 Å². The van der Waals surface area contributed by atoms with Crippen molar-refractivity contribution in [3.63, 3.8) is 0 Å². The predicted molar refractivity (Wildman–Crippen MR) is 119 cm³/mol. The van der Waals surface area contributed by atoms with Crippen LogP contribution in [-0.4, -0.2) is 58.8 Å². The summed E-state index contributed by atoms with van der Waals surface area (Å²) in [7, 11) is 0. The predicted octanol–water partition coefficient (Wildman–Crippen LogP) is 1.18. The highest BCUT2D eigenvalue weighted by molar-refractivity contribution is 6.05. The minimum atomic E-state index is -0.587. The summed E-state index contributed by atoms with van der Waals surface area (Å²) in [6.45, 7) is 4.34. The van der Waals surface area contributed by atoms with E-state index in [9.17, 15) is 14.4 Å². The van der Waals surface area contributed by atoms with Gasteiger partial charge in [0, 0.05) is 56.8 Å². The lowest BCUT2D eigenvalue weighted by atomic mass is 9.96. The van der Waals surface area contributed by atoms with Gasteiger partial charge in [-0.3, -0.25) is 24.6 Å². The number of benzene rings is 2. The molecule has 4 heterocycles. The van der Waals surface area contributed by atoms with E-state index >= 15 is 0 Å². The van der Waals surface area contributed by atoms with E-state index in [0.29, 0.717) is 25.1 Å². The molecule has 1 spiro atoms. The molecule has 2 aromatic rings. The molecular formula is C25H26N4O4. The Morgan fingerprint density at radius 1 is 1.03 bits per heavy atom. The van der Waals surface area contributed by atoms with Gasteiger partial charge in [-0.1, -0.05) is 30.3 Å². The molecule has 2 aromatic carbocycles. The second-order valence-electron chi connectivity index (χ2n) is 9.53. The first-order chi connectivity index (χ1) is 16.0. The van der Waals surface area contributed by atoms with Crippen molar-refractivity contribution >= 4 is 17.7 Å². The van der Waals surface area contributed by atoms with Crippen LogP contribution in [-0.2, 0) is 29.2 Å². The molecule has 0 aliphatic carbocycles. The molecule has 8 nitrogen and oxygen atoms in total. The number of hydrogen-bond acceptors (Lipinski definition) is 6. The molecule has 0 radical (unpaired) electrons. The summed E-state index contributed by atoms with van der Waals surface area (Å²) in [5, 5.41) is 5.70. The minimum Gasteiger partial charge on any atom is -0.483 e. The Bertz CT molecular complexity index is 1160. The summed E-state index contributed by atoms with van der Waals surface area (Å²) >= 11 is 0. The largest absolute Gasteiger partial charge is 0.483 e. The number of amides is 3. The second-order valence-corrected chi connectivity index (χ2v) is 9.53. The number of carbonyl (C=O) groups excluding carboxylic acids is 3. The number of piperidine rings is 1. The topological polar surface area (TPSA) is 91.0 Å². The van der Waals surface area contributed by atoms with E-state index in [1.54, 1.807) is 4.90 Å². The van der Waals surface area contributed by atoms with Crippen LogP contribution in [0.15, 0.2) is 42.5 Å². The fraction of sp³-hybridized carbons (Fsp3) is 0.400. The van der Waals surface area contributed by atoms with Crippen molar-refractivity contribution in [1.82, 2.24) is 20.4 Å². The van der Waals surface area contributed by atoms with Crippen molar-refractivity contribution in [3.8, 4) is 5.75 Å². The quantitative estimate of drug-likeness (QED) is 0.689. The lowest BCUT2D eigenvalue weighted by Gasteiger charge is -2.43. The van der Waals surface area contributed by atoms with Crippen LogP contribution >= 0.6 is 0 Å². The molecule has 3 amide bonds. The molecular weight excluding hydrogens is 420 g/mol. The SMILES string of the molecule is O=C1CCC(N2Cc3ccc(CN4Cc5ccccc5OC5(CNC5)C4)cc3C2=O)C(=O)N1. The Balaban J connectivity index is 1.22. The van der Waals surface area contributed by atoms with Gasteiger partial charge in [0.25, 0.3) is 5.91 Å². The Labute approximate surface area is 191 Å². The molecule has 0 bridgehead atoms. The summed E-state index contributed by atoms with van der Waals surface area (Å²) in [6.07, 6.45) is 0.636. The van der Waals surface area contributed by atoms with Crippen LogP contribution in [0, 0.1) is 0 Å². The number of rotatable bonds is 3. The number of ether oxygens (including phenoxy) is 1. The summed E-state index contributed by atoms with van der Waals surface area (Å²) in [6, 6.07) is 13.6. The Kier molecular flexibility index (Phi) is 4.74. The lowest BCUT2D eigenvalue weighted by molar-refractivity contribution is -0.136. The molecule has 1 unspecified atom stereocenters. The van der Waals surface area contributed by atoms with Crippen molar-refractivity contribution in [2.45, 2.75) is 44.1 Å². The second kappa shape index (κ2) is 7.67. The highest BCUT2D eigenvalue weighted by atomic mass is 16.5. The molecule has 2 fully saturated rings. The maximum absolute atomic E-state index is 13.2. The van der Waals surface area contributed by atoms with E-state index in [0.717, 1.165) is 43.1 Å². The molecule has 8 heteroatoms. The van der Waals surface area contributed by atoms with Crippen LogP contribution in [0.25, 0.3) is 0 Å². The first-order valence-electron chi connectivity index (χ1n) is 11.5. The fourth-order valence-electron chi connectivity index (χ4n) is 5.36. The molecule has 4 aliphatic heterocycles. The van der Waals surface area contributed by atoms with Crippen LogP contribution in [0.4, 0.5) is 0 Å². The van der Waals surface area contributed by atoms with Crippen molar-refractivity contribution in [2.75, 3.05) is 19.6 Å². The molecule has 4 aliphatic rings. The number of nitrogens with zero attached hydrogens (tertiary/aromatic N) is 2. The standard InChI is InChI=1S/C25H26N4O4/c30-22-8-7-20(23(31)27-22)29-12-17-6-5-16(9-19(17)24(29)32)10-28-11-18-3-1-2-4-21(18)33-25(15-28)13-26-14-25/h1-6,9,20,26H,7-8,10-15H2,(H,27,30,31). The summed E-state index contributed by atoms with van der Waals surface area (Å²) < 4.78 is 6.41. The maximum Gasteiger partial charge on any atom is 0.255 e. The van der Waals surface area contributed by atoms with Gasteiger partial charge in [-0.25, -0.2) is 0 Å². The third-order valence-corrected chi connectivity index (χ3v) is 7.10. The summed E-state index contributed by atoms with van der Waals surface area (Å²) in [5.74, 6) is 0.163. The molecule has 0 saturated carbocycles. The monoisotopic (exact) mass is 446 g/mol. The zero-order valence-electron chi connectivity index (χ0n) is 18.3. The summed E-state index contributed by atoms with van der Waals surface area (Å²) in [4.78, 5) is 40.9. The van der Waals surface area contributed by atoms with Gasteiger partial charge in [0.2, 0.25) is 11.8 Å². The number of hydrogen-bond donors (Lipinski definition) is 2. The number of imide groups is 1. The highest BCUT2D eigenvalue weighted by Crippen LogP contribution is 2.33. The molecule has 2 N–H and O–H groups in total. The van der Waals surface area contributed by atoms with Crippen molar-refractivity contribution in [2.24, 2.45) is 0 Å². The van der Waals surface area contributed by atoms with Crippen molar-refractivity contribution in [3.05, 3.63) is 64.7 Å². The fourth-order valence-corrected chi connectivity index (χ4v) is 5.36. The van der Waals surface area contributed by atoms with E-state index in [-0.39, 0.29) is 29.7 Å². The average Bonchev–Trinajstić information content (AvgIpc) is 2.98. The van der Waals surface area contributed by atoms with E-state index < -0.39 is 6.04 Å². The zero-order valence-corrected chi connectivity index (χ0v) is 18.3. The van der Waals surface area contributed by atoms with Gasteiger partial charge in [0.1, 0.15) is 17.4 Å². The smallest absolute Gasteiger partial charge is 0.255 e. The number of carbonyl (C=O) groups is 3. The first-order valence-corrected chi connectivity index (χ1v) is 11.5. The third kappa shape index (κ3) is 3.59. The Morgan fingerprint density at radius 3 is 2.67 bits per heavy atom. The number of nitrogens with one attached hydrogen (secondary N) is 2. The van der Waals surface area contributed by atoms with E-state index in [1.807, 2.05) is 30.3 Å². The number of para-hydroxylation sites is 1. The first kappa shape index (κ1) is 20.4. The van der Waals surface area contributed by atoms with Crippen molar-refractivity contribution < 1.29 is 19.1 Å². The van der Waals surface area contributed by atoms with Gasteiger partial charge < -0.3 is 15.0 Å². The molecule has 0 aromatic heterocycles. The normalized spacial score (nSPS) is 23.9. The molecule has 33 heavy (non-hydrogen) atoms. The van der Waals surface area contributed by atoms with Gasteiger partial charge in [0.05, 0.1) is 0 Å². The Morgan fingerprint density at radius 2 is 1.88 bits per heavy atom. The Hall–Kier alpha value is -3.23. The molecule has 1 atom stereocenters. The lowest BCUT2D eigenvalue weighted by Crippen LogP contribution is -2.67. The molecule has 170 valence electrons. The minimum absolute atomic E-state index is 0.134.